The number of benzene rings is 1. The summed E-state index contributed by atoms with van der Waals surface area (Å²) in [5, 5.41) is 5.52. The van der Waals surface area contributed by atoms with Gasteiger partial charge < -0.3 is 10.1 Å². The Labute approximate surface area is 112 Å². The van der Waals surface area contributed by atoms with Crippen molar-refractivity contribution in [1.29, 1.82) is 0 Å². The maximum Gasteiger partial charge on any atom is 0.234 e. The first-order chi connectivity index (χ1) is 9.08. The first-order valence-corrected chi connectivity index (χ1v) is 5.85. The predicted molar refractivity (Wildman–Crippen MR) is 71.2 cm³/mol. The number of halogens is 1. The van der Waals surface area contributed by atoms with Gasteiger partial charge in [0.2, 0.25) is 5.91 Å². The molecular formula is C14H17FN2O2. The molecule has 5 heteroatoms. The third-order valence-electron chi connectivity index (χ3n) is 2.57. The van der Waals surface area contributed by atoms with Gasteiger partial charge in [0.15, 0.2) is 11.6 Å². The average Bonchev–Trinajstić information content (AvgIpc) is 2.38. The molecule has 1 aromatic carbocycles. The highest BCUT2D eigenvalue weighted by Gasteiger charge is 2.11. The first-order valence-electron chi connectivity index (χ1n) is 5.85. The normalized spacial score (nSPS) is 11.5. The van der Waals surface area contributed by atoms with Crippen LogP contribution < -0.4 is 15.4 Å². The van der Waals surface area contributed by atoms with Gasteiger partial charge in [-0.05, 0) is 24.6 Å². The Balaban J connectivity index is 2.58. The maximum atomic E-state index is 13.5. The number of hydrogen-bond donors (Lipinski definition) is 2. The van der Waals surface area contributed by atoms with E-state index in [0.29, 0.717) is 12.1 Å². The number of terminal acetylenes is 1. The van der Waals surface area contributed by atoms with Crippen molar-refractivity contribution in [3.63, 3.8) is 0 Å². The lowest BCUT2D eigenvalue weighted by Gasteiger charge is -2.15. The van der Waals surface area contributed by atoms with Crippen molar-refractivity contribution in [2.45, 2.75) is 13.0 Å². The van der Waals surface area contributed by atoms with E-state index in [1.54, 1.807) is 13.0 Å². The van der Waals surface area contributed by atoms with Crippen LogP contribution in [0.5, 0.6) is 5.75 Å². The maximum absolute atomic E-state index is 13.5. The fourth-order valence-electron chi connectivity index (χ4n) is 1.58. The summed E-state index contributed by atoms with van der Waals surface area (Å²) in [6, 6.07) is 4.30. The van der Waals surface area contributed by atoms with Crippen LogP contribution in [0.3, 0.4) is 0 Å². The van der Waals surface area contributed by atoms with Crippen molar-refractivity contribution in [1.82, 2.24) is 10.6 Å². The van der Waals surface area contributed by atoms with Gasteiger partial charge in [-0.3, -0.25) is 10.1 Å². The fourth-order valence-corrected chi connectivity index (χ4v) is 1.58. The standard InChI is InChI=1S/C14H17FN2O2/c1-4-7-16-9-14(18)17-10(2)11-5-6-13(19-3)12(15)8-11/h1,5-6,8,10,16H,7,9H2,2-3H3,(H,17,18). The summed E-state index contributed by atoms with van der Waals surface area (Å²) in [5.74, 6) is 1.90. The molecule has 1 aromatic rings. The molecule has 0 bridgehead atoms. The van der Waals surface area contributed by atoms with E-state index in [9.17, 15) is 9.18 Å². The predicted octanol–water partition coefficient (Wildman–Crippen LogP) is 1.23. The molecule has 4 nitrogen and oxygen atoms in total. The van der Waals surface area contributed by atoms with Crippen LogP contribution in [-0.4, -0.2) is 26.1 Å². The lowest BCUT2D eigenvalue weighted by Crippen LogP contribution is -2.35. The molecule has 0 heterocycles. The quantitative estimate of drug-likeness (QED) is 0.600. The molecular weight excluding hydrogens is 247 g/mol. The first kappa shape index (κ1) is 15.0. The van der Waals surface area contributed by atoms with E-state index in [2.05, 4.69) is 16.6 Å². The van der Waals surface area contributed by atoms with Crippen LogP contribution in [0.2, 0.25) is 0 Å². The second-order valence-electron chi connectivity index (χ2n) is 3.99. The lowest BCUT2D eigenvalue weighted by molar-refractivity contribution is -0.120. The number of carbonyl (C=O) groups is 1. The molecule has 0 saturated carbocycles. The Morgan fingerprint density at radius 1 is 1.58 bits per heavy atom. The summed E-state index contributed by atoms with van der Waals surface area (Å²) in [6.45, 7) is 2.24. The van der Waals surface area contributed by atoms with E-state index >= 15 is 0 Å². The van der Waals surface area contributed by atoms with Crippen molar-refractivity contribution in [2.75, 3.05) is 20.2 Å². The molecule has 0 radical (unpaired) electrons. The lowest BCUT2D eigenvalue weighted by atomic mass is 10.1. The van der Waals surface area contributed by atoms with Crippen molar-refractivity contribution >= 4 is 5.91 Å². The van der Waals surface area contributed by atoms with Crippen LogP contribution in [-0.2, 0) is 4.79 Å². The number of nitrogens with one attached hydrogen (secondary N) is 2. The number of amides is 1. The zero-order valence-corrected chi connectivity index (χ0v) is 11.0. The SMILES string of the molecule is C#CCNCC(=O)NC(C)c1ccc(OC)c(F)c1. The molecule has 0 fully saturated rings. The summed E-state index contributed by atoms with van der Waals surface area (Å²) in [6.07, 6.45) is 5.05. The van der Waals surface area contributed by atoms with Crippen LogP contribution in [0, 0.1) is 18.2 Å². The zero-order valence-electron chi connectivity index (χ0n) is 11.0. The minimum Gasteiger partial charge on any atom is -0.494 e. The van der Waals surface area contributed by atoms with Gasteiger partial charge in [-0.2, -0.15) is 0 Å². The van der Waals surface area contributed by atoms with Crippen molar-refractivity contribution in [3.8, 4) is 18.1 Å². The van der Waals surface area contributed by atoms with Crippen LogP contribution in [0.4, 0.5) is 4.39 Å². The van der Waals surface area contributed by atoms with Crippen molar-refractivity contribution < 1.29 is 13.9 Å². The smallest absolute Gasteiger partial charge is 0.234 e. The summed E-state index contributed by atoms with van der Waals surface area (Å²) in [7, 11) is 1.40. The Bertz CT molecular complexity index is 483. The van der Waals surface area contributed by atoms with Gasteiger partial charge >= 0.3 is 0 Å². The van der Waals surface area contributed by atoms with Crippen LogP contribution in [0.15, 0.2) is 18.2 Å². The molecule has 0 spiro atoms. The molecule has 1 unspecified atom stereocenters. The Morgan fingerprint density at radius 2 is 2.32 bits per heavy atom. The Hall–Kier alpha value is -2.06. The minimum atomic E-state index is -0.452. The highest BCUT2D eigenvalue weighted by Crippen LogP contribution is 2.21. The van der Waals surface area contributed by atoms with Crippen LogP contribution in [0.1, 0.15) is 18.5 Å². The van der Waals surface area contributed by atoms with Crippen LogP contribution >= 0.6 is 0 Å². The number of hydrogen-bond acceptors (Lipinski definition) is 3. The summed E-state index contributed by atoms with van der Waals surface area (Å²) in [4.78, 5) is 11.5. The van der Waals surface area contributed by atoms with Crippen molar-refractivity contribution in [3.05, 3.63) is 29.6 Å². The van der Waals surface area contributed by atoms with E-state index < -0.39 is 5.82 Å². The second-order valence-corrected chi connectivity index (χ2v) is 3.99. The van der Waals surface area contributed by atoms with E-state index in [1.807, 2.05) is 0 Å². The number of methoxy groups -OCH3 is 1. The molecule has 1 amide bonds. The van der Waals surface area contributed by atoms with E-state index in [0.717, 1.165) is 0 Å². The molecule has 2 N–H and O–H groups in total. The monoisotopic (exact) mass is 264 g/mol. The van der Waals surface area contributed by atoms with Gasteiger partial charge in [-0.25, -0.2) is 4.39 Å². The van der Waals surface area contributed by atoms with E-state index in [4.69, 9.17) is 11.2 Å². The largest absolute Gasteiger partial charge is 0.494 e. The third kappa shape index (κ3) is 4.60. The summed E-state index contributed by atoms with van der Waals surface area (Å²) >= 11 is 0. The molecule has 102 valence electrons. The minimum absolute atomic E-state index is 0.132. The third-order valence-corrected chi connectivity index (χ3v) is 2.57. The molecule has 0 aliphatic heterocycles. The highest BCUT2D eigenvalue weighted by molar-refractivity contribution is 5.78. The van der Waals surface area contributed by atoms with Gasteiger partial charge in [0.05, 0.1) is 26.2 Å². The molecule has 1 rings (SSSR count). The molecule has 0 saturated heterocycles. The molecule has 19 heavy (non-hydrogen) atoms. The number of carbonyl (C=O) groups excluding carboxylic acids is 1. The average molecular weight is 264 g/mol. The molecule has 0 aliphatic carbocycles. The Kier molecular flexibility index (Phi) is 5.83. The van der Waals surface area contributed by atoms with Gasteiger partial charge in [0.25, 0.3) is 0 Å². The zero-order chi connectivity index (χ0) is 14.3. The van der Waals surface area contributed by atoms with Gasteiger partial charge in [-0.1, -0.05) is 12.0 Å². The second kappa shape index (κ2) is 7.39. The van der Waals surface area contributed by atoms with E-state index in [-0.39, 0.29) is 24.2 Å². The molecule has 0 aliphatic rings. The highest BCUT2D eigenvalue weighted by atomic mass is 19.1. The van der Waals surface area contributed by atoms with Gasteiger partial charge in [0, 0.05) is 0 Å². The summed E-state index contributed by atoms with van der Waals surface area (Å²) in [5.41, 5.74) is 0.670. The summed E-state index contributed by atoms with van der Waals surface area (Å²) < 4.78 is 18.4. The number of rotatable bonds is 6. The van der Waals surface area contributed by atoms with Crippen LogP contribution in [0.25, 0.3) is 0 Å². The fraction of sp³-hybridized carbons (Fsp3) is 0.357. The van der Waals surface area contributed by atoms with Gasteiger partial charge in [-0.15, -0.1) is 6.42 Å². The van der Waals surface area contributed by atoms with E-state index in [1.165, 1.54) is 19.2 Å². The Morgan fingerprint density at radius 3 is 2.89 bits per heavy atom. The molecule has 0 aromatic heterocycles. The molecule has 1 atom stereocenters. The topological polar surface area (TPSA) is 50.4 Å². The van der Waals surface area contributed by atoms with Gasteiger partial charge in [0.1, 0.15) is 0 Å². The number of ether oxygens (including phenoxy) is 1. The van der Waals surface area contributed by atoms with Crippen molar-refractivity contribution in [2.24, 2.45) is 0 Å².